The summed E-state index contributed by atoms with van der Waals surface area (Å²) in [6, 6.07) is -0.350. The van der Waals surface area contributed by atoms with Crippen LogP contribution in [0.1, 0.15) is 12.8 Å². The molecule has 2 amide bonds. The Bertz CT molecular complexity index is 158. The molecular weight excluding hydrogens is 132 g/mol. The Kier molecular flexibility index (Phi) is 1.89. The highest BCUT2D eigenvalue weighted by molar-refractivity contribution is 5.82. The Morgan fingerprint density at radius 1 is 1.70 bits per heavy atom. The first-order valence-corrected chi connectivity index (χ1v) is 3.26. The van der Waals surface area contributed by atoms with Crippen LogP contribution in [0.2, 0.25) is 0 Å². The van der Waals surface area contributed by atoms with Crippen molar-refractivity contribution in [3.8, 4) is 0 Å². The molecule has 4 heteroatoms. The van der Waals surface area contributed by atoms with Gasteiger partial charge in [-0.05, 0) is 12.8 Å². The van der Waals surface area contributed by atoms with Gasteiger partial charge in [-0.25, -0.2) is 0 Å². The van der Waals surface area contributed by atoms with Crippen molar-refractivity contribution in [1.29, 1.82) is 0 Å². The summed E-state index contributed by atoms with van der Waals surface area (Å²) in [5.41, 5.74) is 5.02. The van der Waals surface area contributed by atoms with Crippen LogP contribution in [-0.2, 0) is 9.59 Å². The average molecular weight is 142 g/mol. The van der Waals surface area contributed by atoms with E-state index in [1.165, 1.54) is 4.90 Å². The lowest BCUT2D eigenvalue weighted by Gasteiger charge is -2.15. The summed E-state index contributed by atoms with van der Waals surface area (Å²) in [5.74, 6) is -0.399. The summed E-state index contributed by atoms with van der Waals surface area (Å²) in [4.78, 5) is 22.3. The Labute approximate surface area is 59.0 Å². The van der Waals surface area contributed by atoms with Gasteiger partial charge in [-0.1, -0.05) is 0 Å². The lowest BCUT2D eigenvalue weighted by Crippen LogP contribution is -2.39. The topological polar surface area (TPSA) is 63.4 Å². The molecule has 0 aromatic carbocycles. The monoisotopic (exact) mass is 142 g/mol. The van der Waals surface area contributed by atoms with Crippen LogP contribution >= 0.6 is 0 Å². The minimum absolute atomic E-state index is 0.350. The SMILES string of the molecule is NC(=O)[C@H]1CCCN1C=O. The third kappa shape index (κ3) is 1.10. The highest BCUT2D eigenvalue weighted by atomic mass is 16.2. The Morgan fingerprint density at radius 2 is 2.40 bits per heavy atom. The van der Waals surface area contributed by atoms with E-state index in [1.807, 2.05) is 0 Å². The van der Waals surface area contributed by atoms with E-state index in [1.54, 1.807) is 0 Å². The molecule has 0 aromatic rings. The van der Waals surface area contributed by atoms with E-state index in [2.05, 4.69) is 0 Å². The molecule has 10 heavy (non-hydrogen) atoms. The summed E-state index contributed by atoms with van der Waals surface area (Å²) in [7, 11) is 0. The van der Waals surface area contributed by atoms with Crippen molar-refractivity contribution in [3.63, 3.8) is 0 Å². The summed E-state index contributed by atoms with van der Waals surface area (Å²) < 4.78 is 0. The summed E-state index contributed by atoms with van der Waals surface area (Å²) in [6.07, 6.45) is 2.28. The molecule has 1 heterocycles. The van der Waals surface area contributed by atoms with Crippen molar-refractivity contribution < 1.29 is 9.59 Å². The Balaban J connectivity index is 2.58. The molecule has 0 spiro atoms. The predicted octanol–water partition coefficient (Wildman–Crippen LogP) is -0.908. The first-order valence-electron chi connectivity index (χ1n) is 3.26. The number of nitrogens with two attached hydrogens (primary N) is 1. The zero-order valence-corrected chi connectivity index (χ0v) is 5.62. The van der Waals surface area contributed by atoms with Gasteiger partial charge in [-0.2, -0.15) is 0 Å². The minimum Gasteiger partial charge on any atom is -0.368 e. The van der Waals surface area contributed by atoms with Crippen LogP contribution in [0.4, 0.5) is 0 Å². The maximum absolute atomic E-state index is 10.6. The molecule has 1 atom stereocenters. The van der Waals surface area contributed by atoms with Crippen LogP contribution in [0.25, 0.3) is 0 Å². The second-order valence-electron chi connectivity index (χ2n) is 2.40. The molecule has 2 N–H and O–H groups in total. The minimum atomic E-state index is -0.399. The van der Waals surface area contributed by atoms with Gasteiger partial charge in [-0.3, -0.25) is 9.59 Å². The number of carbonyl (C=O) groups is 2. The van der Waals surface area contributed by atoms with Gasteiger partial charge >= 0.3 is 0 Å². The van der Waals surface area contributed by atoms with E-state index in [0.717, 1.165) is 6.42 Å². The second-order valence-corrected chi connectivity index (χ2v) is 2.40. The van der Waals surface area contributed by atoms with Gasteiger partial charge in [0.1, 0.15) is 6.04 Å². The normalized spacial score (nSPS) is 24.8. The molecular formula is C6H10N2O2. The molecule has 0 aromatic heterocycles. The van der Waals surface area contributed by atoms with Gasteiger partial charge in [0.05, 0.1) is 0 Å². The third-order valence-corrected chi connectivity index (χ3v) is 1.76. The van der Waals surface area contributed by atoms with Crippen LogP contribution in [-0.4, -0.2) is 29.8 Å². The fraction of sp³-hybridized carbons (Fsp3) is 0.667. The van der Waals surface area contributed by atoms with E-state index < -0.39 is 5.91 Å². The molecule has 1 aliphatic rings. The number of carbonyl (C=O) groups excluding carboxylic acids is 2. The van der Waals surface area contributed by atoms with E-state index in [4.69, 9.17) is 5.73 Å². The fourth-order valence-corrected chi connectivity index (χ4v) is 1.22. The average Bonchev–Trinajstić information content (AvgIpc) is 2.33. The second kappa shape index (κ2) is 2.68. The number of hydrogen-bond acceptors (Lipinski definition) is 2. The zero-order chi connectivity index (χ0) is 7.56. The Morgan fingerprint density at radius 3 is 2.80 bits per heavy atom. The standard InChI is InChI=1S/C6H10N2O2/c7-6(10)5-2-1-3-8(5)4-9/h4-5H,1-3H2,(H2,7,10)/t5-/m1/s1. The molecule has 1 aliphatic heterocycles. The van der Waals surface area contributed by atoms with Gasteiger partial charge in [0.25, 0.3) is 0 Å². The van der Waals surface area contributed by atoms with Crippen molar-refractivity contribution in [3.05, 3.63) is 0 Å². The molecule has 56 valence electrons. The lowest BCUT2D eigenvalue weighted by molar-refractivity contribution is -0.128. The van der Waals surface area contributed by atoms with Gasteiger partial charge in [0, 0.05) is 6.54 Å². The van der Waals surface area contributed by atoms with Gasteiger partial charge in [-0.15, -0.1) is 0 Å². The molecule has 1 fully saturated rings. The number of rotatable bonds is 2. The van der Waals surface area contributed by atoms with Gasteiger partial charge in [0.2, 0.25) is 12.3 Å². The number of nitrogens with zero attached hydrogens (tertiary/aromatic N) is 1. The van der Waals surface area contributed by atoms with E-state index in [-0.39, 0.29) is 6.04 Å². The van der Waals surface area contributed by atoms with Crippen molar-refractivity contribution in [2.24, 2.45) is 5.73 Å². The number of primary amides is 1. The molecule has 0 radical (unpaired) electrons. The van der Waals surface area contributed by atoms with E-state index in [0.29, 0.717) is 19.4 Å². The third-order valence-electron chi connectivity index (χ3n) is 1.76. The van der Waals surface area contributed by atoms with E-state index >= 15 is 0 Å². The first kappa shape index (κ1) is 7.05. The van der Waals surface area contributed by atoms with Crippen molar-refractivity contribution >= 4 is 12.3 Å². The maximum Gasteiger partial charge on any atom is 0.240 e. The number of amides is 2. The largest absolute Gasteiger partial charge is 0.368 e. The molecule has 1 saturated heterocycles. The van der Waals surface area contributed by atoms with Gasteiger partial charge < -0.3 is 10.6 Å². The summed E-state index contributed by atoms with van der Waals surface area (Å²) in [6.45, 7) is 0.664. The van der Waals surface area contributed by atoms with Crippen LogP contribution in [0.5, 0.6) is 0 Å². The molecule has 1 rings (SSSR count). The van der Waals surface area contributed by atoms with E-state index in [9.17, 15) is 9.59 Å². The lowest BCUT2D eigenvalue weighted by atomic mass is 10.2. The molecule has 0 unspecified atom stereocenters. The summed E-state index contributed by atoms with van der Waals surface area (Å²) in [5, 5.41) is 0. The first-order chi connectivity index (χ1) is 4.75. The van der Waals surface area contributed by atoms with Gasteiger partial charge in [0.15, 0.2) is 0 Å². The maximum atomic E-state index is 10.6. The predicted molar refractivity (Wildman–Crippen MR) is 35.0 cm³/mol. The Hall–Kier alpha value is -1.06. The van der Waals surface area contributed by atoms with Crippen LogP contribution in [0.3, 0.4) is 0 Å². The van der Waals surface area contributed by atoms with Crippen LogP contribution in [0.15, 0.2) is 0 Å². The van der Waals surface area contributed by atoms with Crippen LogP contribution < -0.4 is 5.73 Å². The highest BCUT2D eigenvalue weighted by Crippen LogP contribution is 2.13. The number of hydrogen-bond donors (Lipinski definition) is 1. The molecule has 4 nitrogen and oxygen atoms in total. The highest BCUT2D eigenvalue weighted by Gasteiger charge is 2.27. The zero-order valence-electron chi connectivity index (χ0n) is 5.62. The van der Waals surface area contributed by atoms with Crippen LogP contribution in [0, 0.1) is 0 Å². The summed E-state index contributed by atoms with van der Waals surface area (Å²) >= 11 is 0. The van der Waals surface area contributed by atoms with Crippen molar-refractivity contribution in [2.45, 2.75) is 18.9 Å². The van der Waals surface area contributed by atoms with Crippen molar-refractivity contribution in [1.82, 2.24) is 4.90 Å². The molecule has 0 aliphatic carbocycles. The fourth-order valence-electron chi connectivity index (χ4n) is 1.22. The molecule has 0 saturated carbocycles. The smallest absolute Gasteiger partial charge is 0.240 e. The molecule has 0 bridgehead atoms. The number of likely N-dealkylation sites (tertiary alicyclic amines) is 1. The van der Waals surface area contributed by atoms with Crippen molar-refractivity contribution in [2.75, 3.05) is 6.54 Å². The quantitative estimate of drug-likeness (QED) is 0.507.